The molecule has 0 atom stereocenters. The van der Waals surface area contributed by atoms with Crippen molar-refractivity contribution < 1.29 is 4.79 Å². The number of hydrogen-bond acceptors (Lipinski definition) is 2. The van der Waals surface area contributed by atoms with Crippen LogP contribution in [0.5, 0.6) is 0 Å². The third kappa shape index (κ3) is 4.32. The van der Waals surface area contributed by atoms with Crippen LogP contribution in [0.2, 0.25) is 0 Å². The number of carbonyl (C=O) groups is 1. The molecule has 0 bridgehead atoms. The number of imidazole rings is 1. The SMILES string of the molecule is O=C(Nc1ccccc1)N1C=Cc2c(nc(Cc3ccccc3)n2Cc2ccccc2)C1. The van der Waals surface area contributed by atoms with Gasteiger partial charge >= 0.3 is 6.03 Å². The van der Waals surface area contributed by atoms with Crippen molar-refractivity contribution in [2.75, 3.05) is 5.32 Å². The Morgan fingerprint density at radius 3 is 2.16 bits per heavy atom. The van der Waals surface area contributed by atoms with E-state index in [0.29, 0.717) is 6.54 Å². The number of para-hydroxylation sites is 1. The second kappa shape index (κ2) is 8.94. The van der Waals surface area contributed by atoms with Crippen molar-refractivity contribution in [3.05, 3.63) is 126 Å². The lowest BCUT2D eigenvalue weighted by Gasteiger charge is -2.22. The Labute approximate surface area is 187 Å². The van der Waals surface area contributed by atoms with Gasteiger partial charge in [0.05, 0.1) is 17.9 Å². The average Bonchev–Trinajstić information content (AvgIpc) is 3.17. The van der Waals surface area contributed by atoms with E-state index >= 15 is 0 Å². The van der Waals surface area contributed by atoms with Crippen molar-refractivity contribution in [3.8, 4) is 0 Å². The highest BCUT2D eigenvalue weighted by Crippen LogP contribution is 2.24. The number of amides is 2. The fourth-order valence-electron chi connectivity index (χ4n) is 3.96. The normalized spacial score (nSPS) is 12.4. The number of nitrogens with zero attached hydrogens (tertiary/aromatic N) is 3. The Balaban J connectivity index is 1.43. The fraction of sp³-hybridized carbons (Fsp3) is 0.111. The number of hydrogen-bond donors (Lipinski definition) is 1. The van der Waals surface area contributed by atoms with Gasteiger partial charge in [0, 0.05) is 24.9 Å². The van der Waals surface area contributed by atoms with Gasteiger partial charge in [0.2, 0.25) is 0 Å². The zero-order valence-corrected chi connectivity index (χ0v) is 17.7. The van der Waals surface area contributed by atoms with Crippen molar-refractivity contribution in [3.63, 3.8) is 0 Å². The number of anilines is 1. The molecule has 1 aromatic heterocycles. The molecule has 2 heterocycles. The topological polar surface area (TPSA) is 50.2 Å². The molecule has 1 aliphatic rings. The molecule has 0 saturated carbocycles. The number of carbonyl (C=O) groups excluding carboxylic acids is 1. The largest absolute Gasteiger partial charge is 0.326 e. The summed E-state index contributed by atoms with van der Waals surface area (Å²) in [5.41, 5.74) is 5.18. The van der Waals surface area contributed by atoms with Gasteiger partial charge in [0.1, 0.15) is 5.82 Å². The number of rotatable bonds is 5. The third-order valence-electron chi connectivity index (χ3n) is 5.57. The minimum absolute atomic E-state index is 0.166. The van der Waals surface area contributed by atoms with Gasteiger partial charge in [-0.25, -0.2) is 9.78 Å². The summed E-state index contributed by atoms with van der Waals surface area (Å²) in [6.45, 7) is 1.18. The van der Waals surface area contributed by atoms with E-state index in [4.69, 9.17) is 4.98 Å². The molecule has 0 fully saturated rings. The first-order chi connectivity index (χ1) is 15.8. The predicted octanol–water partition coefficient (Wildman–Crippen LogP) is 5.54. The number of nitrogens with one attached hydrogen (secondary N) is 1. The number of urea groups is 1. The van der Waals surface area contributed by atoms with Crippen molar-refractivity contribution in [1.82, 2.24) is 14.5 Å². The first-order valence-electron chi connectivity index (χ1n) is 10.7. The highest BCUT2D eigenvalue weighted by atomic mass is 16.2. The minimum atomic E-state index is -0.166. The number of benzene rings is 3. The Morgan fingerprint density at radius 1 is 0.844 bits per heavy atom. The van der Waals surface area contributed by atoms with E-state index in [1.54, 1.807) is 4.90 Å². The summed E-state index contributed by atoms with van der Waals surface area (Å²) in [5, 5.41) is 2.94. The van der Waals surface area contributed by atoms with Gasteiger partial charge in [-0.3, -0.25) is 4.90 Å². The summed E-state index contributed by atoms with van der Waals surface area (Å²) in [6, 6.07) is 30.1. The standard InChI is InChI=1S/C27H24N4O/c32-27(28-23-14-8-3-9-15-23)30-17-16-25-24(20-30)29-26(18-21-10-4-1-5-11-21)31(25)19-22-12-6-2-7-13-22/h1-17H,18-20H2,(H,28,32). The summed E-state index contributed by atoms with van der Waals surface area (Å²) < 4.78 is 2.26. The van der Waals surface area contributed by atoms with Crippen LogP contribution in [0.1, 0.15) is 28.3 Å². The molecule has 0 aliphatic carbocycles. The van der Waals surface area contributed by atoms with E-state index in [-0.39, 0.29) is 6.03 Å². The molecule has 158 valence electrons. The van der Waals surface area contributed by atoms with Crippen molar-refractivity contribution in [1.29, 1.82) is 0 Å². The van der Waals surface area contributed by atoms with Crippen molar-refractivity contribution >= 4 is 17.8 Å². The summed E-state index contributed by atoms with van der Waals surface area (Å²) in [7, 11) is 0. The third-order valence-corrected chi connectivity index (χ3v) is 5.57. The lowest BCUT2D eigenvalue weighted by Crippen LogP contribution is -2.31. The smallest absolute Gasteiger partial charge is 0.323 e. The first-order valence-corrected chi connectivity index (χ1v) is 10.7. The van der Waals surface area contributed by atoms with Gasteiger partial charge in [-0.05, 0) is 29.3 Å². The zero-order valence-electron chi connectivity index (χ0n) is 17.7. The fourth-order valence-corrected chi connectivity index (χ4v) is 3.96. The molecule has 5 heteroatoms. The van der Waals surface area contributed by atoms with Crippen LogP contribution >= 0.6 is 0 Å². The summed E-state index contributed by atoms with van der Waals surface area (Å²) >= 11 is 0. The molecule has 5 nitrogen and oxygen atoms in total. The van der Waals surface area contributed by atoms with Crippen LogP contribution in [0.4, 0.5) is 10.5 Å². The minimum Gasteiger partial charge on any atom is -0.323 e. The van der Waals surface area contributed by atoms with Gasteiger partial charge < -0.3 is 9.88 Å². The second-order valence-electron chi connectivity index (χ2n) is 7.83. The summed E-state index contributed by atoms with van der Waals surface area (Å²) in [5.74, 6) is 1.00. The van der Waals surface area contributed by atoms with Crippen LogP contribution in [0.15, 0.2) is 97.2 Å². The number of fused-ring (bicyclic) bond motifs is 1. The van der Waals surface area contributed by atoms with Crippen LogP contribution in [-0.2, 0) is 19.5 Å². The van der Waals surface area contributed by atoms with Gasteiger partial charge in [-0.1, -0.05) is 78.9 Å². The highest BCUT2D eigenvalue weighted by molar-refractivity contribution is 5.90. The maximum absolute atomic E-state index is 12.8. The molecule has 1 N–H and O–H groups in total. The predicted molar refractivity (Wildman–Crippen MR) is 127 cm³/mol. The monoisotopic (exact) mass is 420 g/mol. The second-order valence-corrected chi connectivity index (χ2v) is 7.83. The quantitative estimate of drug-likeness (QED) is 0.461. The molecule has 0 unspecified atom stereocenters. The Bertz CT molecular complexity index is 1230. The van der Waals surface area contributed by atoms with Crippen LogP contribution < -0.4 is 5.32 Å². The highest BCUT2D eigenvalue weighted by Gasteiger charge is 2.23. The molecule has 0 radical (unpaired) electrons. The van der Waals surface area contributed by atoms with E-state index in [1.807, 2.05) is 54.7 Å². The summed E-state index contributed by atoms with van der Waals surface area (Å²) in [4.78, 5) is 19.4. The van der Waals surface area contributed by atoms with Crippen LogP contribution in [0.3, 0.4) is 0 Å². The zero-order chi connectivity index (χ0) is 21.8. The van der Waals surface area contributed by atoms with E-state index in [9.17, 15) is 4.79 Å². The van der Waals surface area contributed by atoms with Crippen molar-refractivity contribution in [2.24, 2.45) is 0 Å². The molecule has 4 aromatic rings. The summed E-state index contributed by atoms with van der Waals surface area (Å²) in [6.07, 6.45) is 4.58. The van der Waals surface area contributed by atoms with Gasteiger partial charge in [-0.2, -0.15) is 0 Å². The molecule has 32 heavy (non-hydrogen) atoms. The van der Waals surface area contributed by atoms with E-state index in [1.165, 1.54) is 11.1 Å². The van der Waals surface area contributed by atoms with Crippen LogP contribution in [0, 0.1) is 0 Å². The van der Waals surface area contributed by atoms with Crippen molar-refractivity contribution in [2.45, 2.75) is 19.5 Å². The van der Waals surface area contributed by atoms with Gasteiger partial charge in [-0.15, -0.1) is 0 Å². The molecule has 5 rings (SSSR count). The maximum Gasteiger partial charge on any atom is 0.326 e. The molecule has 0 saturated heterocycles. The van der Waals surface area contributed by atoms with Gasteiger partial charge in [0.15, 0.2) is 0 Å². The Kier molecular flexibility index (Phi) is 5.54. The maximum atomic E-state index is 12.8. The molecule has 2 amide bonds. The molecular weight excluding hydrogens is 396 g/mol. The van der Waals surface area contributed by atoms with Crippen LogP contribution in [-0.4, -0.2) is 20.5 Å². The molecule has 1 aliphatic heterocycles. The van der Waals surface area contributed by atoms with Gasteiger partial charge in [0.25, 0.3) is 0 Å². The average molecular weight is 421 g/mol. The Morgan fingerprint density at radius 2 is 1.47 bits per heavy atom. The van der Waals surface area contributed by atoms with Crippen LogP contribution in [0.25, 0.3) is 6.08 Å². The van der Waals surface area contributed by atoms with E-state index in [2.05, 4.69) is 58.4 Å². The lowest BCUT2D eigenvalue weighted by molar-refractivity contribution is 0.226. The van der Waals surface area contributed by atoms with E-state index < -0.39 is 0 Å². The lowest BCUT2D eigenvalue weighted by atomic mass is 10.1. The molecule has 0 spiro atoms. The Hall–Kier alpha value is -4.12. The number of aromatic nitrogens is 2. The first kappa shape index (κ1) is 19.8. The van der Waals surface area contributed by atoms with E-state index in [0.717, 1.165) is 35.9 Å². The molecular formula is C27H24N4O. The molecule has 3 aromatic carbocycles.